The van der Waals surface area contributed by atoms with E-state index in [-0.39, 0.29) is 8.80 Å². The summed E-state index contributed by atoms with van der Waals surface area (Å²) in [6.07, 6.45) is 0. The highest BCUT2D eigenvalue weighted by atomic mass is 28.3. The van der Waals surface area contributed by atoms with E-state index in [0.29, 0.717) is 0 Å². The van der Waals surface area contributed by atoms with Crippen molar-refractivity contribution in [3.8, 4) is 0 Å². The van der Waals surface area contributed by atoms with Crippen LogP contribution in [0.3, 0.4) is 0 Å². The quantitative estimate of drug-likeness (QED) is 0.591. The molecule has 0 amide bonds. The van der Waals surface area contributed by atoms with Gasteiger partial charge in [-0.05, 0) is 0 Å². The first-order valence-electron chi connectivity index (χ1n) is 4.00. The van der Waals surface area contributed by atoms with Crippen molar-refractivity contribution in [1.29, 1.82) is 0 Å². The summed E-state index contributed by atoms with van der Waals surface area (Å²) in [6, 6.07) is 4.48. The first kappa shape index (κ1) is 13.6. The molecule has 0 aromatic rings. The van der Waals surface area contributed by atoms with Crippen molar-refractivity contribution < 1.29 is 12.9 Å². The van der Waals surface area contributed by atoms with Crippen LogP contribution in [0.15, 0.2) is 0 Å². The third kappa shape index (κ3) is 17.8. The predicted molar refractivity (Wildman–Crippen MR) is 47.7 cm³/mol. The summed E-state index contributed by atoms with van der Waals surface area (Å²) in [5.41, 5.74) is 0. The summed E-state index contributed by atoms with van der Waals surface area (Å²) in [5.74, 6) is 0. The SMILES string of the molecule is CC[SiH](CC)CC.FB(F)F. The van der Waals surface area contributed by atoms with E-state index in [1.54, 1.807) is 0 Å². The second kappa shape index (κ2) is 10.1. The first-order valence-corrected chi connectivity index (χ1v) is 6.45. The second-order valence-electron chi connectivity index (χ2n) is 2.34. The largest absolute Gasteiger partial charge is 0.762 e. The van der Waals surface area contributed by atoms with Crippen molar-refractivity contribution in [3.05, 3.63) is 0 Å². The molecule has 0 rings (SSSR count). The molecule has 68 valence electrons. The zero-order chi connectivity index (χ0) is 9.28. The number of rotatable bonds is 3. The van der Waals surface area contributed by atoms with Gasteiger partial charge in [-0.2, -0.15) is 0 Å². The molecule has 0 radical (unpaired) electrons. The topological polar surface area (TPSA) is 0 Å². The van der Waals surface area contributed by atoms with Gasteiger partial charge in [0.2, 0.25) is 0 Å². The van der Waals surface area contributed by atoms with Gasteiger partial charge in [0.05, 0.1) is 0 Å². The van der Waals surface area contributed by atoms with Gasteiger partial charge in [-0.25, -0.2) is 0 Å². The van der Waals surface area contributed by atoms with E-state index in [2.05, 4.69) is 20.8 Å². The minimum absolute atomic E-state index is 0.171. The average Bonchev–Trinajstić information content (AvgIpc) is 1.90. The Morgan fingerprint density at radius 2 is 1.09 bits per heavy atom. The minimum atomic E-state index is -3.67. The molecule has 5 heteroatoms. The van der Waals surface area contributed by atoms with Crippen molar-refractivity contribution in [1.82, 2.24) is 0 Å². The summed E-state index contributed by atoms with van der Waals surface area (Å²) < 4.78 is 29.0. The van der Waals surface area contributed by atoms with Crippen LogP contribution in [0.4, 0.5) is 12.9 Å². The van der Waals surface area contributed by atoms with Gasteiger partial charge in [0, 0.05) is 8.80 Å². The molecule has 11 heavy (non-hydrogen) atoms. The van der Waals surface area contributed by atoms with Gasteiger partial charge in [0.15, 0.2) is 0 Å². The lowest BCUT2D eigenvalue weighted by atomic mass is 10.5. The standard InChI is InChI=1S/C6H16Si.BF3/c1-4-7(5-2)6-3;2-1(3)4/h7H,4-6H2,1-3H3;. The molecule has 0 N–H and O–H groups in total. The van der Waals surface area contributed by atoms with E-state index in [1.165, 1.54) is 18.1 Å². The van der Waals surface area contributed by atoms with E-state index in [1.807, 2.05) is 0 Å². The molecule has 0 unspecified atom stereocenters. The molecule has 0 saturated heterocycles. The Morgan fingerprint density at radius 3 is 1.09 bits per heavy atom. The van der Waals surface area contributed by atoms with Gasteiger partial charge < -0.3 is 0 Å². The zero-order valence-corrected chi connectivity index (χ0v) is 8.56. The smallest absolute Gasteiger partial charge is 0.254 e. The van der Waals surface area contributed by atoms with Crippen molar-refractivity contribution in [2.24, 2.45) is 0 Å². The van der Waals surface area contributed by atoms with Gasteiger partial charge in [-0.1, -0.05) is 38.9 Å². The second-order valence-corrected chi connectivity index (χ2v) is 6.52. The van der Waals surface area contributed by atoms with Crippen LogP contribution in [-0.2, 0) is 0 Å². The summed E-state index contributed by atoms with van der Waals surface area (Å²) in [5, 5.41) is 0. The lowest BCUT2D eigenvalue weighted by molar-refractivity contribution is 0.535. The van der Waals surface area contributed by atoms with E-state index in [9.17, 15) is 12.9 Å². The van der Waals surface area contributed by atoms with Gasteiger partial charge in [0.25, 0.3) is 0 Å². The molecule has 0 bridgehead atoms. The van der Waals surface area contributed by atoms with Crippen LogP contribution >= 0.6 is 0 Å². The normalized spacial score (nSPS) is 9.00. The molecule has 0 fully saturated rings. The molecule has 0 spiro atoms. The highest BCUT2D eigenvalue weighted by Gasteiger charge is 2.06. The summed E-state index contributed by atoms with van der Waals surface area (Å²) in [6.45, 7) is 6.97. The fraction of sp³-hybridized carbons (Fsp3) is 1.00. The molecule has 0 aromatic heterocycles. The van der Waals surface area contributed by atoms with Crippen molar-refractivity contribution in [3.63, 3.8) is 0 Å². The van der Waals surface area contributed by atoms with Gasteiger partial charge in [0.1, 0.15) is 0 Å². The maximum Gasteiger partial charge on any atom is 0.762 e. The minimum Gasteiger partial charge on any atom is -0.254 e. The Bertz CT molecular complexity index is 60.6. The highest BCUT2D eigenvalue weighted by molar-refractivity contribution is 6.58. The van der Waals surface area contributed by atoms with E-state index in [4.69, 9.17) is 0 Å². The third-order valence-corrected chi connectivity index (χ3v) is 5.20. The lowest BCUT2D eigenvalue weighted by Crippen LogP contribution is -2.04. The molecule has 0 heterocycles. The fourth-order valence-electron chi connectivity index (χ4n) is 0.866. The van der Waals surface area contributed by atoms with Crippen LogP contribution in [0, 0.1) is 0 Å². The Balaban J connectivity index is 0. The summed E-state index contributed by atoms with van der Waals surface area (Å²) in [4.78, 5) is 0. The zero-order valence-electron chi connectivity index (χ0n) is 7.41. The van der Waals surface area contributed by atoms with Crippen molar-refractivity contribution >= 4 is 16.3 Å². The molecule has 0 atom stereocenters. The van der Waals surface area contributed by atoms with Gasteiger partial charge in [-0.15, -0.1) is 0 Å². The van der Waals surface area contributed by atoms with E-state index >= 15 is 0 Å². The summed E-state index contributed by atoms with van der Waals surface area (Å²) >= 11 is 0. The monoisotopic (exact) mass is 184 g/mol. The van der Waals surface area contributed by atoms with Crippen LogP contribution < -0.4 is 0 Å². The number of hydrogen-bond acceptors (Lipinski definition) is 0. The fourth-order valence-corrected chi connectivity index (χ4v) is 2.60. The van der Waals surface area contributed by atoms with Crippen molar-refractivity contribution in [2.45, 2.75) is 38.9 Å². The van der Waals surface area contributed by atoms with Crippen LogP contribution in [0.25, 0.3) is 0 Å². The summed E-state index contributed by atoms with van der Waals surface area (Å²) in [7, 11) is -3.84. The van der Waals surface area contributed by atoms with Crippen LogP contribution in [-0.4, -0.2) is 16.3 Å². The van der Waals surface area contributed by atoms with E-state index < -0.39 is 7.54 Å². The van der Waals surface area contributed by atoms with E-state index in [0.717, 1.165) is 0 Å². The highest BCUT2D eigenvalue weighted by Crippen LogP contribution is 2.01. The number of hydrogen-bond donors (Lipinski definition) is 0. The Morgan fingerprint density at radius 1 is 0.909 bits per heavy atom. The van der Waals surface area contributed by atoms with Crippen molar-refractivity contribution in [2.75, 3.05) is 0 Å². The molecular formula is C6H16BF3Si. The maximum atomic E-state index is 9.67. The van der Waals surface area contributed by atoms with Crippen LogP contribution in [0.5, 0.6) is 0 Å². The first-order chi connectivity index (χ1) is 5.08. The number of halogens is 3. The molecule has 0 aliphatic rings. The Labute approximate surface area is 69.0 Å². The van der Waals surface area contributed by atoms with Crippen LogP contribution in [0.1, 0.15) is 20.8 Å². The van der Waals surface area contributed by atoms with Gasteiger partial charge >= 0.3 is 7.54 Å². The van der Waals surface area contributed by atoms with Gasteiger partial charge in [-0.3, -0.25) is 12.9 Å². The predicted octanol–water partition coefficient (Wildman–Crippen LogP) is 3.15. The lowest BCUT2D eigenvalue weighted by Gasteiger charge is -2.03. The third-order valence-electron chi connectivity index (χ3n) is 1.73. The molecule has 0 aliphatic heterocycles. The molecular weight excluding hydrogens is 168 g/mol. The molecule has 0 saturated carbocycles. The maximum absolute atomic E-state index is 9.67. The Kier molecular flexibility index (Phi) is 12.5. The molecule has 0 nitrogen and oxygen atoms in total. The Hall–Kier alpha value is 0.0718. The molecule has 0 aromatic carbocycles. The van der Waals surface area contributed by atoms with Crippen LogP contribution in [0.2, 0.25) is 18.1 Å². The average molecular weight is 184 g/mol. The molecule has 0 aliphatic carbocycles.